The highest BCUT2D eigenvalue weighted by atomic mass is 16.5. The first-order valence-electron chi connectivity index (χ1n) is 16.9. The Morgan fingerprint density at radius 3 is 2.04 bits per heavy atom. The Morgan fingerprint density at radius 1 is 0.812 bits per heavy atom. The molecule has 7 rings (SSSR count). The van der Waals surface area contributed by atoms with E-state index in [0.29, 0.717) is 37.2 Å². The van der Waals surface area contributed by atoms with Gasteiger partial charge in [0.2, 0.25) is 17.7 Å². The first-order valence-corrected chi connectivity index (χ1v) is 16.9. The van der Waals surface area contributed by atoms with Crippen molar-refractivity contribution in [1.82, 2.24) is 20.2 Å². The molecule has 3 aliphatic rings. The highest BCUT2D eigenvalue weighted by Gasteiger charge is 2.37. The van der Waals surface area contributed by atoms with Crippen LogP contribution in [-0.4, -0.2) is 71.2 Å². The zero-order valence-electron chi connectivity index (χ0n) is 28.1. The Bertz CT molecular complexity index is 1880. The quantitative estimate of drug-likeness (QED) is 0.214. The van der Waals surface area contributed by atoms with Crippen LogP contribution in [0.1, 0.15) is 54.4 Å². The monoisotopic (exact) mass is 645 g/mol. The van der Waals surface area contributed by atoms with E-state index in [-0.39, 0.29) is 24.0 Å². The van der Waals surface area contributed by atoms with Gasteiger partial charge in [0.15, 0.2) is 0 Å². The van der Waals surface area contributed by atoms with Gasteiger partial charge in [0.1, 0.15) is 5.84 Å². The number of aromatic nitrogens is 2. The summed E-state index contributed by atoms with van der Waals surface area (Å²) in [6.45, 7) is 6.04. The molecule has 2 aromatic carbocycles. The van der Waals surface area contributed by atoms with E-state index in [1.54, 1.807) is 19.1 Å². The molecule has 1 amide bonds. The van der Waals surface area contributed by atoms with Crippen LogP contribution in [0.3, 0.4) is 0 Å². The fraction of sp³-hybridized carbons (Fsp3) is 0.385. The number of hydrogen-bond acceptors (Lipinski definition) is 8. The highest BCUT2D eigenvalue weighted by molar-refractivity contribution is 6.11. The molecular formula is C39H43N5O4. The summed E-state index contributed by atoms with van der Waals surface area (Å²) in [4.78, 5) is 29.2. The fourth-order valence-electron chi connectivity index (χ4n) is 7.12. The largest absolute Gasteiger partial charge is 0.481 e. The van der Waals surface area contributed by atoms with E-state index in [4.69, 9.17) is 19.4 Å². The van der Waals surface area contributed by atoms with Crippen molar-refractivity contribution in [1.29, 1.82) is 0 Å². The second kappa shape index (κ2) is 13.5. The SMILES string of the molecule is COc1nc(-c2cccc(-c3cccc(-c4ccc(C5=NCCN5C(=O)C5CC5)c(OC)n4)c3C)c2C)ccc1CN[C@@H]1CCC[C@@H]1O. The van der Waals surface area contributed by atoms with E-state index in [2.05, 4.69) is 66.6 Å². The molecule has 0 radical (unpaired) electrons. The van der Waals surface area contributed by atoms with Gasteiger partial charge in [-0.15, -0.1) is 0 Å². The summed E-state index contributed by atoms with van der Waals surface area (Å²) in [6.07, 6.45) is 4.48. The number of methoxy groups -OCH3 is 2. The van der Waals surface area contributed by atoms with Crippen LogP contribution < -0.4 is 14.8 Å². The number of aliphatic imine (C=N–C) groups is 1. The third-order valence-corrected chi connectivity index (χ3v) is 10.0. The minimum Gasteiger partial charge on any atom is -0.481 e. The lowest BCUT2D eigenvalue weighted by Gasteiger charge is -2.20. The molecular weight excluding hydrogens is 602 g/mol. The summed E-state index contributed by atoms with van der Waals surface area (Å²) >= 11 is 0. The summed E-state index contributed by atoms with van der Waals surface area (Å²) in [5.74, 6) is 1.98. The molecule has 9 heteroatoms. The molecule has 0 unspecified atom stereocenters. The number of aliphatic hydroxyl groups is 1. The number of nitrogens with zero attached hydrogens (tertiary/aromatic N) is 4. The Kier molecular flexibility index (Phi) is 8.98. The minimum absolute atomic E-state index is 0.108. The minimum atomic E-state index is -0.297. The molecule has 2 atom stereocenters. The molecule has 0 bridgehead atoms. The Hall–Kier alpha value is -4.60. The molecule has 9 nitrogen and oxygen atoms in total. The number of aliphatic hydroxyl groups excluding tert-OH is 1. The summed E-state index contributed by atoms with van der Waals surface area (Å²) in [5.41, 5.74) is 9.84. The lowest BCUT2D eigenvalue weighted by atomic mass is 9.89. The second-order valence-corrected chi connectivity index (χ2v) is 13.0. The molecule has 2 aliphatic carbocycles. The zero-order valence-corrected chi connectivity index (χ0v) is 28.1. The van der Waals surface area contributed by atoms with Crippen molar-refractivity contribution in [2.24, 2.45) is 10.9 Å². The smallest absolute Gasteiger partial charge is 0.231 e. The first-order chi connectivity index (χ1) is 23.4. The van der Waals surface area contributed by atoms with Gasteiger partial charge in [-0.2, -0.15) is 0 Å². The van der Waals surface area contributed by atoms with Gasteiger partial charge in [-0.1, -0.05) is 42.5 Å². The zero-order chi connectivity index (χ0) is 33.4. The van der Waals surface area contributed by atoms with Gasteiger partial charge in [0.25, 0.3) is 0 Å². The average Bonchev–Trinajstić information content (AvgIpc) is 3.71. The standard InChI is InChI=1S/C39H43N5O4/c1-23-27(8-5-10-29(23)32-18-16-26(37(42-32)47-3)22-41-34-12-7-13-35(34)45)28-9-6-11-30(24(28)2)33-19-17-31(38(43-33)48-4)36-40-20-21-44(36)39(46)25-14-15-25/h5-6,8-11,16-19,25,34-35,41,45H,7,12-15,20-22H2,1-4H3/t34-,35+/m1/s1. The number of pyridine rings is 2. The van der Waals surface area contributed by atoms with Gasteiger partial charge in [-0.3, -0.25) is 14.7 Å². The van der Waals surface area contributed by atoms with E-state index >= 15 is 0 Å². The highest BCUT2D eigenvalue weighted by Crippen LogP contribution is 2.38. The summed E-state index contributed by atoms with van der Waals surface area (Å²) in [5, 5.41) is 13.7. The van der Waals surface area contributed by atoms with Gasteiger partial charge in [-0.05, 0) is 86.4 Å². The van der Waals surface area contributed by atoms with Crippen LogP contribution >= 0.6 is 0 Å². The van der Waals surface area contributed by atoms with Crippen molar-refractivity contribution in [2.45, 2.75) is 64.6 Å². The topological polar surface area (TPSA) is 109 Å². The number of amides is 1. The van der Waals surface area contributed by atoms with Gasteiger partial charge in [0.05, 0.1) is 43.8 Å². The van der Waals surface area contributed by atoms with Gasteiger partial charge >= 0.3 is 0 Å². The number of rotatable bonds is 10. The van der Waals surface area contributed by atoms with Crippen LogP contribution in [0.5, 0.6) is 11.8 Å². The van der Waals surface area contributed by atoms with Crippen molar-refractivity contribution in [3.63, 3.8) is 0 Å². The first kappa shape index (κ1) is 32.0. The van der Waals surface area contributed by atoms with Crippen LogP contribution in [0, 0.1) is 19.8 Å². The summed E-state index contributed by atoms with van der Waals surface area (Å²) in [6, 6.07) is 20.8. The predicted octanol–water partition coefficient (Wildman–Crippen LogP) is 6.11. The van der Waals surface area contributed by atoms with Crippen LogP contribution in [0.4, 0.5) is 0 Å². The van der Waals surface area contributed by atoms with E-state index in [1.165, 1.54) is 0 Å². The number of ether oxygens (including phenoxy) is 2. The fourth-order valence-corrected chi connectivity index (χ4v) is 7.12. The average molecular weight is 646 g/mol. The Balaban J connectivity index is 1.17. The lowest BCUT2D eigenvalue weighted by molar-refractivity contribution is -0.128. The molecule has 2 fully saturated rings. The molecule has 2 aromatic heterocycles. The number of amidine groups is 1. The molecule has 0 saturated heterocycles. The van der Waals surface area contributed by atoms with Crippen LogP contribution in [-0.2, 0) is 11.3 Å². The number of carbonyl (C=O) groups excluding carboxylic acids is 1. The van der Waals surface area contributed by atoms with Crippen LogP contribution in [0.25, 0.3) is 33.6 Å². The Labute approximate surface area is 282 Å². The van der Waals surface area contributed by atoms with E-state index < -0.39 is 0 Å². The molecule has 0 spiro atoms. The maximum Gasteiger partial charge on any atom is 0.231 e. The van der Waals surface area contributed by atoms with Gasteiger partial charge in [-0.25, -0.2) is 9.97 Å². The van der Waals surface area contributed by atoms with Gasteiger partial charge < -0.3 is 19.9 Å². The Morgan fingerprint density at radius 2 is 1.44 bits per heavy atom. The lowest BCUT2D eigenvalue weighted by Crippen LogP contribution is -2.36. The van der Waals surface area contributed by atoms with E-state index in [0.717, 1.165) is 88.0 Å². The van der Waals surface area contributed by atoms with Crippen molar-refractivity contribution in [2.75, 3.05) is 27.3 Å². The molecule has 48 heavy (non-hydrogen) atoms. The van der Waals surface area contributed by atoms with Crippen molar-refractivity contribution in [3.8, 4) is 45.4 Å². The van der Waals surface area contributed by atoms with Gasteiger partial charge in [0, 0.05) is 41.7 Å². The number of benzene rings is 2. The number of hydrogen-bond donors (Lipinski definition) is 2. The summed E-state index contributed by atoms with van der Waals surface area (Å²) in [7, 11) is 3.26. The molecule has 2 saturated carbocycles. The van der Waals surface area contributed by atoms with E-state index in [1.807, 2.05) is 18.2 Å². The molecule has 248 valence electrons. The third-order valence-electron chi connectivity index (χ3n) is 10.0. The van der Waals surface area contributed by atoms with Crippen molar-refractivity contribution >= 4 is 11.7 Å². The molecule has 1 aliphatic heterocycles. The maximum absolute atomic E-state index is 12.9. The van der Waals surface area contributed by atoms with E-state index in [9.17, 15) is 9.90 Å². The predicted molar refractivity (Wildman–Crippen MR) is 187 cm³/mol. The number of carbonyl (C=O) groups is 1. The third kappa shape index (κ3) is 6.08. The normalized spacial score (nSPS) is 19.0. The van der Waals surface area contributed by atoms with Crippen LogP contribution in [0.2, 0.25) is 0 Å². The maximum atomic E-state index is 12.9. The second-order valence-electron chi connectivity index (χ2n) is 13.0. The van der Waals surface area contributed by atoms with Crippen molar-refractivity contribution in [3.05, 3.63) is 82.9 Å². The summed E-state index contributed by atoms with van der Waals surface area (Å²) < 4.78 is 11.5. The molecule has 2 N–H and O–H groups in total. The van der Waals surface area contributed by atoms with Crippen LogP contribution in [0.15, 0.2) is 65.7 Å². The number of nitrogens with one attached hydrogen (secondary N) is 1. The molecule has 4 aromatic rings. The molecule has 3 heterocycles. The van der Waals surface area contributed by atoms with Crippen molar-refractivity contribution < 1.29 is 19.4 Å².